The van der Waals surface area contributed by atoms with Crippen molar-refractivity contribution in [1.29, 1.82) is 0 Å². The summed E-state index contributed by atoms with van der Waals surface area (Å²) < 4.78 is 5.22. The Morgan fingerprint density at radius 2 is 2.12 bits per heavy atom. The van der Waals surface area contributed by atoms with Crippen LogP contribution in [0.25, 0.3) is 22.2 Å². The van der Waals surface area contributed by atoms with E-state index in [1.165, 1.54) is 0 Å². The summed E-state index contributed by atoms with van der Waals surface area (Å²) in [4.78, 5) is 5.33. The van der Waals surface area contributed by atoms with Gasteiger partial charge in [0.15, 0.2) is 0 Å². The fourth-order valence-corrected chi connectivity index (χ4v) is 2.31. The van der Waals surface area contributed by atoms with Gasteiger partial charge in [-0.3, -0.25) is 0 Å². The van der Waals surface area contributed by atoms with Crippen molar-refractivity contribution < 1.29 is 4.52 Å². The maximum absolute atomic E-state index is 5.91. The van der Waals surface area contributed by atoms with E-state index in [9.17, 15) is 0 Å². The van der Waals surface area contributed by atoms with Crippen molar-refractivity contribution in [1.82, 2.24) is 10.1 Å². The van der Waals surface area contributed by atoms with E-state index >= 15 is 0 Å². The predicted molar refractivity (Wildman–Crippen MR) is 68.1 cm³/mol. The summed E-state index contributed by atoms with van der Waals surface area (Å²) in [5.41, 5.74) is 0.827. The molecule has 3 aromatic rings. The Balaban J connectivity index is 2.01. The monoisotopic (exact) mass is 262 g/mol. The number of benzene rings is 1. The van der Waals surface area contributed by atoms with E-state index < -0.39 is 0 Å². The molecule has 0 bridgehead atoms. The van der Waals surface area contributed by atoms with Crippen molar-refractivity contribution in [3.63, 3.8) is 0 Å². The summed E-state index contributed by atoms with van der Waals surface area (Å²) in [5, 5.41) is 6.57. The summed E-state index contributed by atoms with van der Waals surface area (Å²) in [7, 11) is 0. The van der Waals surface area contributed by atoms with E-state index in [-0.39, 0.29) is 0 Å². The fourth-order valence-electron chi connectivity index (χ4n) is 1.47. The highest BCUT2D eigenvalue weighted by atomic mass is 35.5. The zero-order valence-electron chi connectivity index (χ0n) is 8.63. The zero-order chi connectivity index (χ0) is 11.7. The molecular weight excluding hydrogens is 256 g/mol. The lowest BCUT2D eigenvalue weighted by Gasteiger charge is -1.93. The summed E-state index contributed by atoms with van der Waals surface area (Å²) in [6, 6.07) is 11.3. The van der Waals surface area contributed by atoms with Crippen LogP contribution in [0, 0.1) is 0 Å². The number of hydrogen-bond acceptors (Lipinski definition) is 4. The van der Waals surface area contributed by atoms with Gasteiger partial charge in [0.2, 0.25) is 5.82 Å². The second-order valence-corrected chi connectivity index (χ2v) is 4.79. The largest absolute Gasteiger partial charge is 0.334 e. The molecular formula is C12H7ClN2OS. The van der Waals surface area contributed by atoms with Gasteiger partial charge in [-0.15, -0.1) is 11.3 Å². The Bertz CT molecular complexity index is 634. The standard InChI is InChI=1S/C12H7ClN2OS/c13-9-4-1-3-8(7-9)12-14-11(15-16-12)10-5-2-6-17-10/h1-7H. The van der Waals surface area contributed by atoms with Crippen molar-refractivity contribution in [2.45, 2.75) is 0 Å². The Morgan fingerprint density at radius 1 is 1.18 bits per heavy atom. The smallest absolute Gasteiger partial charge is 0.258 e. The van der Waals surface area contributed by atoms with E-state index in [1.807, 2.05) is 35.7 Å². The molecule has 3 nitrogen and oxygen atoms in total. The van der Waals surface area contributed by atoms with Crippen molar-refractivity contribution in [2.75, 3.05) is 0 Å². The Labute approximate surface area is 107 Å². The quantitative estimate of drug-likeness (QED) is 0.697. The van der Waals surface area contributed by atoms with Gasteiger partial charge in [-0.05, 0) is 29.6 Å². The lowest BCUT2D eigenvalue weighted by molar-refractivity contribution is 0.432. The van der Waals surface area contributed by atoms with Crippen LogP contribution in [0.5, 0.6) is 0 Å². The SMILES string of the molecule is Clc1cccc(-c2nc(-c3cccs3)no2)c1. The van der Waals surface area contributed by atoms with Gasteiger partial charge < -0.3 is 4.52 Å². The highest BCUT2D eigenvalue weighted by Crippen LogP contribution is 2.26. The average molecular weight is 263 g/mol. The van der Waals surface area contributed by atoms with E-state index in [0.29, 0.717) is 16.7 Å². The molecule has 84 valence electrons. The average Bonchev–Trinajstić information content (AvgIpc) is 3.00. The maximum atomic E-state index is 5.91. The molecule has 17 heavy (non-hydrogen) atoms. The predicted octanol–water partition coefficient (Wildman–Crippen LogP) is 4.12. The minimum atomic E-state index is 0.482. The van der Waals surface area contributed by atoms with Crippen LogP contribution < -0.4 is 0 Å². The molecule has 0 aliphatic rings. The van der Waals surface area contributed by atoms with Gasteiger partial charge in [-0.2, -0.15) is 4.98 Å². The van der Waals surface area contributed by atoms with Crippen molar-refractivity contribution >= 4 is 22.9 Å². The Kier molecular flexibility index (Phi) is 2.66. The molecule has 1 aromatic carbocycles. The maximum Gasteiger partial charge on any atom is 0.258 e. The lowest BCUT2D eigenvalue weighted by atomic mass is 10.2. The van der Waals surface area contributed by atoms with Crippen molar-refractivity contribution in [2.24, 2.45) is 0 Å². The third-order valence-corrected chi connectivity index (χ3v) is 3.34. The highest BCUT2D eigenvalue weighted by molar-refractivity contribution is 7.13. The van der Waals surface area contributed by atoms with Crippen LogP contribution in [0.1, 0.15) is 0 Å². The Morgan fingerprint density at radius 3 is 2.88 bits per heavy atom. The molecule has 0 saturated heterocycles. The molecule has 0 radical (unpaired) electrons. The van der Waals surface area contributed by atoms with Crippen molar-refractivity contribution in [3.8, 4) is 22.2 Å². The number of nitrogens with zero attached hydrogens (tertiary/aromatic N) is 2. The van der Waals surface area contributed by atoms with Crippen LogP contribution in [0.2, 0.25) is 5.02 Å². The number of hydrogen-bond donors (Lipinski definition) is 0. The molecule has 0 aliphatic heterocycles. The first kappa shape index (κ1) is 10.5. The number of rotatable bonds is 2. The molecule has 5 heteroatoms. The normalized spacial score (nSPS) is 10.6. The minimum absolute atomic E-state index is 0.482. The van der Waals surface area contributed by atoms with Gasteiger partial charge in [-0.1, -0.05) is 28.9 Å². The molecule has 0 atom stereocenters. The van der Waals surface area contributed by atoms with E-state index in [2.05, 4.69) is 10.1 Å². The first-order valence-electron chi connectivity index (χ1n) is 4.96. The zero-order valence-corrected chi connectivity index (χ0v) is 10.2. The van der Waals surface area contributed by atoms with Gasteiger partial charge in [0.05, 0.1) is 4.88 Å². The first-order chi connectivity index (χ1) is 8.33. The van der Waals surface area contributed by atoms with Gasteiger partial charge in [-0.25, -0.2) is 0 Å². The molecule has 3 rings (SSSR count). The number of halogens is 1. The second-order valence-electron chi connectivity index (χ2n) is 3.41. The highest BCUT2D eigenvalue weighted by Gasteiger charge is 2.11. The van der Waals surface area contributed by atoms with Gasteiger partial charge in [0.1, 0.15) is 0 Å². The first-order valence-corrected chi connectivity index (χ1v) is 6.22. The van der Waals surface area contributed by atoms with Crippen LogP contribution in [-0.4, -0.2) is 10.1 Å². The molecule has 0 fully saturated rings. The third-order valence-electron chi connectivity index (χ3n) is 2.24. The summed E-state index contributed by atoms with van der Waals surface area (Å²) in [6.45, 7) is 0. The molecule has 0 spiro atoms. The van der Waals surface area contributed by atoms with Crippen molar-refractivity contribution in [3.05, 3.63) is 46.8 Å². The Hall–Kier alpha value is -1.65. The van der Waals surface area contributed by atoms with Crippen LogP contribution in [0.15, 0.2) is 46.3 Å². The summed E-state index contributed by atoms with van der Waals surface area (Å²) in [5.74, 6) is 1.09. The molecule has 2 aromatic heterocycles. The topological polar surface area (TPSA) is 38.9 Å². The van der Waals surface area contributed by atoms with E-state index in [0.717, 1.165) is 10.4 Å². The van der Waals surface area contributed by atoms with Gasteiger partial charge in [0.25, 0.3) is 5.89 Å². The molecule has 0 N–H and O–H groups in total. The molecule has 0 amide bonds. The number of aromatic nitrogens is 2. The fraction of sp³-hybridized carbons (Fsp3) is 0. The van der Waals surface area contributed by atoms with Gasteiger partial charge >= 0.3 is 0 Å². The summed E-state index contributed by atoms with van der Waals surface area (Å²) in [6.07, 6.45) is 0. The molecule has 0 saturated carbocycles. The van der Waals surface area contributed by atoms with Crippen LogP contribution >= 0.6 is 22.9 Å². The molecule has 0 aliphatic carbocycles. The minimum Gasteiger partial charge on any atom is -0.334 e. The van der Waals surface area contributed by atoms with Crippen LogP contribution in [0.4, 0.5) is 0 Å². The van der Waals surface area contributed by atoms with E-state index in [1.54, 1.807) is 17.4 Å². The van der Waals surface area contributed by atoms with Crippen LogP contribution in [0.3, 0.4) is 0 Å². The molecule has 0 unspecified atom stereocenters. The van der Waals surface area contributed by atoms with Crippen LogP contribution in [-0.2, 0) is 0 Å². The third kappa shape index (κ3) is 2.09. The summed E-state index contributed by atoms with van der Waals surface area (Å²) >= 11 is 7.49. The number of thiophene rings is 1. The molecule has 2 heterocycles. The second kappa shape index (κ2) is 4.31. The van der Waals surface area contributed by atoms with Gasteiger partial charge in [0, 0.05) is 10.6 Å². The van der Waals surface area contributed by atoms with E-state index in [4.69, 9.17) is 16.1 Å². The lowest BCUT2D eigenvalue weighted by Crippen LogP contribution is -1.78.